The summed E-state index contributed by atoms with van der Waals surface area (Å²) in [5, 5.41) is 10.9. The summed E-state index contributed by atoms with van der Waals surface area (Å²) in [7, 11) is 0. The first-order valence-corrected chi connectivity index (χ1v) is 9.72. The van der Waals surface area contributed by atoms with Crippen LogP contribution in [0.2, 0.25) is 0 Å². The number of rotatable bonds is 4. The molecule has 0 aliphatic carbocycles. The van der Waals surface area contributed by atoms with E-state index in [1.807, 2.05) is 6.20 Å². The first-order valence-electron chi connectivity index (χ1n) is 8.91. The van der Waals surface area contributed by atoms with Crippen molar-refractivity contribution in [3.05, 3.63) is 58.6 Å². The molecule has 0 bridgehead atoms. The molecule has 6 nitrogen and oxygen atoms in total. The largest absolute Gasteiger partial charge is 0.317 e. The highest BCUT2D eigenvalue weighted by molar-refractivity contribution is 7.15. The lowest BCUT2D eigenvalue weighted by molar-refractivity contribution is 0.102. The zero-order chi connectivity index (χ0) is 18.8. The quantitative estimate of drug-likeness (QED) is 0.721. The summed E-state index contributed by atoms with van der Waals surface area (Å²) >= 11 is 1.52. The maximum absolute atomic E-state index is 14.0. The molecule has 1 aromatic carbocycles. The van der Waals surface area contributed by atoms with Gasteiger partial charge in [-0.15, -0.1) is 11.3 Å². The van der Waals surface area contributed by atoms with Crippen molar-refractivity contribution in [1.82, 2.24) is 20.1 Å². The number of hydrogen-bond donors (Lipinski definition) is 2. The second-order valence-electron chi connectivity index (χ2n) is 6.55. The van der Waals surface area contributed by atoms with Crippen LogP contribution in [0.3, 0.4) is 0 Å². The van der Waals surface area contributed by atoms with Crippen molar-refractivity contribution in [3.8, 4) is 5.69 Å². The lowest BCUT2D eigenvalue weighted by Crippen LogP contribution is -2.26. The Labute approximate surface area is 160 Å². The van der Waals surface area contributed by atoms with E-state index in [-0.39, 0.29) is 11.7 Å². The molecule has 4 rings (SSSR count). The number of carbonyl (C=O) groups excluding carboxylic acids is 1. The molecule has 27 heavy (non-hydrogen) atoms. The fourth-order valence-electron chi connectivity index (χ4n) is 3.30. The maximum Gasteiger partial charge on any atom is 0.260 e. The minimum Gasteiger partial charge on any atom is -0.317 e. The van der Waals surface area contributed by atoms with Crippen LogP contribution < -0.4 is 10.6 Å². The van der Waals surface area contributed by atoms with Crippen LogP contribution >= 0.6 is 11.3 Å². The average Bonchev–Trinajstić information content (AvgIpc) is 3.30. The molecular weight excluding hydrogens is 365 g/mol. The molecule has 1 saturated heterocycles. The van der Waals surface area contributed by atoms with Crippen molar-refractivity contribution >= 4 is 22.4 Å². The van der Waals surface area contributed by atoms with Gasteiger partial charge in [0.25, 0.3) is 5.91 Å². The normalized spacial score (nSPS) is 15.0. The van der Waals surface area contributed by atoms with Gasteiger partial charge in [-0.3, -0.25) is 10.1 Å². The molecule has 2 N–H and O–H groups in total. The topological polar surface area (TPSA) is 71.8 Å². The van der Waals surface area contributed by atoms with Gasteiger partial charge in [-0.05, 0) is 50.9 Å². The number of nitrogens with one attached hydrogen (secondary N) is 2. The predicted octanol–water partition coefficient (Wildman–Crippen LogP) is 3.50. The summed E-state index contributed by atoms with van der Waals surface area (Å²) < 4.78 is 15.5. The van der Waals surface area contributed by atoms with Crippen LogP contribution in [0.15, 0.2) is 36.7 Å². The van der Waals surface area contributed by atoms with Crippen molar-refractivity contribution in [1.29, 1.82) is 0 Å². The average molecular weight is 385 g/mol. The first-order chi connectivity index (χ1) is 13.1. The lowest BCUT2D eigenvalue weighted by Gasteiger charge is -2.20. The Balaban J connectivity index is 1.51. The van der Waals surface area contributed by atoms with Gasteiger partial charge in [-0.25, -0.2) is 14.1 Å². The molecule has 0 spiro atoms. The van der Waals surface area contributed by atoms with Gasteiger partial charge in [0.1, 0.15) is 11.5 Å². The molecule has 0 unspecified atom stereocenters. The van der Waals surface area contributed by atoms with Gasteiger partial charge in [0.15, 0.2) is 5.13 Å². The molecule has 140 valence electrons. The van der Waals surface area contributed by atoms with Gasteiger partial charge in [0.05, 0.1) is 17.5 Å². The number of benzene rings is 1. The Morgan fingerprint density at radius 1 is 1.30 bits per heavy atom. The van der Waals surface area contributed by atoms with E-state index in [4.69, 9.17) is 0 Å². The summed E-state index contributed by atoms with van der Waals surface area (Å²) in [6.45, 7) is 3.77. The van der Waals surface area contributed by atoms with E-state index >= 15 is 0 Å². The van der Waals surface area contributed by atoms with Crippen LogP contribution in [0.4, 0.5) is 9.52 Å². The van der Waals surface area contributed by atoms with E-state index in [1.165, 1.54) is 33.2 Å². The van der Waals surface area contributed by atoms with Crippen LogP contribution in [-0.2, 0) is 0 Å². The number of thiazole rings is 1. The summed E-state index contributed by atoms with van der Waals surface area (Å²) in [4.78, 5) is 18.2. The van der Waals surface area contributed by atoms with E-state index in [2.05, 4.69) is 20.7 Å². The number of para-hydroxylation sites is 1. The van der Waals surface area contributed by atoms with Crippen molar-refractivity contribution in [2.24, 2.45) is 0 Å². The van der Waals surface area contributed by atoms with Crippen LogP contribution in [0.1, 0.15) is 39.7 Å². The minimum absolute atomic E-state index is 0.290. The molecular formula is C19H20FN5OS. The van der Waals surface area contributed by atoms with E-state index in [0.717, 1.165) is 25.9 Å². The third kappa shape index (κ3) is 3.63. The summed E-state index contributed by atoms with van der Waals surface area (Å²) in [5.41, 5.74) is 1.29. The smallest absolute Gasteiger partial charge is 0.260 e. The molecule has 1 fully saturated rings. The summed E-state index contributed by atoms with van der Waals surface area (Å²) in [5.74, 6) is -0.177. The number of anilines is 1. The second kappa shape index (κ2) is 7.58. The number of halogens is 1. The fourth-order valence-corrected chi connectivity index (χ4v) is 4.28. The maximum atomic E-state index is 14.0. The summed E-state index contributed by atoms with van der Waals surface area (Å²) in [6.07, 6.45) is 5.48. The minimum atomic E-state index is -0.387. The Bertz CT molecular complexity index is 961. The molecule has 8 heteroatoms. The standard InChI is InChI=1S/C19H20FN5OS/c1-12-14(10-23-25(12)16-5-3-2-4-15(16)20)18(26)24-19-22-11-17(27-19)13-6-8-21-9-7-13/h2-5,10-11,13,21H,6-9H2,1H3,(H,22,24,26). The number of hydrogen-bond acceptors (Lipinski definition) is 5. The fraction of sp³-hybridized carbons (Fsp3) is 0.316. The number of carbonyl (C=O) groups is 1. The van der Waals surface area contributed by atoms with Gasteiger partial charge in [0.2, 0.25) is 0 Å². The Morgan fingerprint density at radius 2 is 2.07 bits per heavy atom. The van der Waals surface area contributed by atoms with Crippen molar-refractivity contribution < 1.29 is 9.18 Å². The summed E-state index contributed by atoms with van der Waals surface area (Å²) in [6, 6.07) is 6.35. The lowest BCUT2D eigenvalue weighted by atomic mass is 9.97. The molecule has 2 aromatic heterocycles. The van der Waals surface area contributed by atoms with E-state index in [1.54, 1.807) is 25.1 Å². The SMILES string of the molecule is Cc1c(C(=O)Nc2ncc(C3CCNCC3)s2)cnn1-c1ccccc1F. The third-order valence-corrected chi connectivity index (χ3v) is 5.90. The van der Waals surface area contributed by atoms with Gasteiger partial charge in [-0.1, -0.05) is 12.1 Å². The highest BCUT2D eigenvalue weighted by Crippen LogP contribution is 2.32. The molecule has 0 saturated carbocycles. The van der Waals surface area contributed by atoms with E-state index in [0.29, 0.717) is 28.0 Å². The van der Waals surface area contributed by atoms with Crippen molar-refractivity contribution in [3.63, 3.8) is 0 Å². The van der Waals surface area contributed by atoms with Crippen molar-refractivity contribution in [2.45, 2.75) is 25.7 Å². The first kappa shape index (κ1) is 17.8. The highest BCUT2D eigenvalue weighted by atomic mass is 32.1. The molecule has 3 heterocycles. The number of piperidine rings is 1. The molecule has 1 amide bonds. The molecule has 0 atom stereocenters. The Kier molecular flexibility index (Phi) is 5.00. The van der Waals surface area contributed by atoms with Crippen LogP contribution in [0.25, 0.3) is 5.69 Å². The number of nitrogens with zero attached hydrogens (tertiary/aromatic N) is 3. The van der Waals surface area contributed by atoms with Gasteiger partial charge in [0, 0.05) is 11.1 Å². The van der Waals surface area contributed by atoms with Crippen molar-refractivity contribution in [2.75, 3.05) is 18.4 Å². The monoisotopic (exact) mass is 385 g/mol. The molecule has 3 aromatic rings. The number of amides is 1. The molecule has 1 aliphatic heterocycles. The van der Waals surface area contributed by atoms with Crippen LogP contribution in [0, 0.1) is 12.7 Å². The molecule has 1 aliphatic rings. The van der Waals surface area contributed by atoms with E-state index < -0.39 is 0 Å². The Hall–Kier alpha value is -2.58. The zero-order valence-electron chi connectivity index (χ0n) is 14.9. The highest BCUT2D eigenvalue weighted by Gasteiger charge is 2.20. The van der Waals surface area contributed by atoms with Gasteiger partial charge in [-0.2, -0.15) is 5.10 Å². The molecule has 0 radical (unpaired) electrons. The Morgan fingerprint density at radius 3 is 2.85 bits per heavy atom. The van der Waals surface area contributed by atoms with Gasteiger partial charge >= 0.3 is 0 Å². The predicted molar refractivity (Wildman–Crippen MR) is 103 cm³/mol. The van der Waals surface area contributed by atoms with E-state index in [9.17, 15) is 9.18 Å². The third-order valence-electron chi connectivity index (χ3n) is 4.82. The van der Waals surface area contributed by atoms with Gasteiger partial charge < -0.3 is 5.32 Å². The second-order valence-corrected chi connectivity index (χ2v) is 7.62. The van der Waals surface area contributed by atoms with Crippen LogP contribution in [0.5, 0.6) is 0 Å². The van der Waals surface area contributed by atoms with Crippen LogP contribution in [-0.4, -0.2) is 33.8 Å². The zero-order valence-corrected chi connectivity index (χ0v) is 15.7. The number of aromatic nitrogens is 3.